The number of hydrogen-bond acceptors (Lipinski definition) is 5. The van der Waals surface area contributed by atoms with E-state index in [1.807, 2.05) is 41.8 Å². The van der Waals surface area contributed by atoms with E-state index in [4.69, 9.17) is 10.8 Å². The van der Waals surface area contributed by atoms with Crippen LogP contribution in [0.15, 0.2) is 58.6 Å². The molecule has 0 bridgehead atoms. The summed E-state index contributed by atoms with van der Waals surface area (Å²) in [5, 5.41) is 18.2. The first-order chi connectivity index (χ1) is 11.6. The summed E-state index contributed by atoms with van der Waals surface area (Å²) in [4.78, 5) is 12.0. The molecule has 1 aromatic heterocycles. The van der Waals surface area contributed by atoms with Crippen molar-refractivity contribution in [2.45, 2.75) is 23.5 Å². The van der Waals surface area contributed by atoms with E-state index in [2.05, 4.69) is 10.2 Å². The summed E-state index contributed by atoms with van der Waals surface area (Å²) in [5.74, 6) is -0.268. The summed E-state index contributed by atoms with van der Waals surface area (Å²) >= 11 is 1.43. The Morgan fingerprint density at radius 3 is 2.58 bits per heavy atom. The average Bonchev–Trinajstić information content (AvgIpc) is 3.00. The predicted octanol–water partition coefficient (Wildman–Crippen LogP) is 2.88. The Morgan fingerprint density at radius 2 is 1.96 bits per heavy atom. The van der Waals surface area contributed by atoms with E-state index in [1.165, 1.54) is 11.8 Å². The maximum Gasteiger partial charge on any atom is 0.335 e. The fourth-order valence-corrected chi connectivity index (χ4v) is 3.27. The van der Waals surface area contributed by atoms with E-state index in [1.54, 1.807) is 18.2 Å². The number of para-hydroxylation sites is 1. The molecule has 3 N–H and O–H groups in total. The van der Waals surface area contributed by atoms with Crippen LogP contribution in [0.5, 0.6) is 0 Å². The van der Waals surface area contributed by atoms with Crippen LogP contribution in [0.1, 0.15) is 21.7 Å². The van der Waals surface area contributed by atoms with Crippen molar-refractivity contribution in [3.8, 4) is 5.69 Å². The van der Waals surface area contributed by atoms with Crippen LogP contribution in [0, 0.1) is 6.92 Å². The molecular formula is C17H16N4O2S. The van der Waals surface area contributed by atoms with Gasteiger partial charge in [0.1, 0.15) is 0 Å². The summed E-state index contributed by atoms with van der Waals surface area (Å²) < 4.78 is 1.91. The summed E-state index contributed by atoms with van der Waals surface area (Å²) in [6, 6.07) is 14.8. The van der Waals surface area contributed by atoms with Gasteiger partial charge < -0.3 is 10.8 Å². The van der Waals surface area contributed by atoms with Crippen molar-refractivity contribution in [3.63, 3.8) is 0 Å². The molecule has 122 valence electrons. The Hall–Kier alpha value is -2.64. The van der Waals surface area contributed by atoms with E-state index in [9.17, 15) is 4.79 Å². The van der Waals surface area contributed by atoms with Gasteiger partial charge in [0.15, 0.2) is 5.82 Å². The molecule has 0 spiro atoms. The average molecular weight is 340 g/mol. The van der Waals surface area contributed by atoms with Gasteiger partial charge in [-0.05, 0) is 54.6 Å². The highest BCUT2D eigenvalue weighted by Gasteiger charge is 2.15. The first-order valence-corrected chi connectivity index (χ1v) is 8.13. The minimum absolute atomic E-state index is 0.268. The highest BCUT2D eigenvalue weighted by atomic mass is 32.2. The van der Waals surface area contributed by atoms with Crippen molar-refractivity contribution in [2.75, 3.05) is 0 Å². The van der Waals surface area contributed by atoms with Gasteiger partial charge in [0.05, 0.1) is 12.1 Å². The minimum Gasteiger partial charge on any atom is -0.478 e. The third-order valence-electron chi connectivity index (χ3n) is 3.52. The SMILES string of the molecule is Cc1cc(C(=O)O)ccc1Sc1nnc(CN)n1-c1ccccc1. The molecule has 0 aliphatic carbocycles. The van der Waals surface area contributed by atoms with Crippen LogP contribution in [0.25, 0.3) is 5.69 Å². The zero-order valence-electron chi connectivity index (χ0n) is 13.0. The fourth-order valence-electron chi connectivity index (χ4n) is 2.33. The normalized spacial score (nSPS) is 10.8. The predicted molar refractivity (Wildman–Crippen MR) is 91.5 cm³/mol. The first-order valence-electron chi connectivity index (χ1n) is 7.31. The van der Waals surface area contributed by atoms with Crippen molar-refractivity contribution in [1.82, 2.24) is 14.8 Å². The van der Waals surface area contributed by atoms with Crippen LogP contribution in [0.4, 0.5) is 0 Å². The smallest absolute Gasteiger partial charge is 0.335 e. The molecule has 0 radical (unpaired) electrons. The summed E-state index contributed by atoms with van der Waals surface area (Å²) in [6.07, 6.45) is 0. The number of benzene rings is 2. The number of carboxylic acid groups (broad SMARTS) is 1. The number of aromatic nitrogens is 3. The van der Waals surface area contributed by atoms with Gasteiger partial charge in [0, 0.05) is 10.6 Å². The molecule has 0 aliphatic heterocycles. The maximum absolute atomic E-state index is 11.1. The van der Waals surface area contributed by atoms with Gasteiger partial charge in [-0.1, -0.05) is 18.2 Å². The second-order valence-electron chi connectivity index (χ2n) is 5.16. The van der Waals surface area contributed by atoms with Gasteiger partial charge in [-0.25, -0.2) is 4.79 Å². The molecule has 0 fully saturated rings. The summed E-state index contributed by atoms with van der Waals surface area (Å²) in [7, 11) is 0. The third kappa shape index (κ3) is 3.17. The molecule has 0 saturated carbocycles. The summed E-state index contributed by atoms with van der Waals surface area (Å²) in [5.41, 5.74) is 7.85. The van der Waals surface area contributed by atoms with Crippen molar-refractivity contribution in [1.29, 1.82) is 0 Å². The second kappa shape index (κ2) is 6.86. The van der Waals surface area contributed by atoms with Gasteiger partial charge in [-0.15, -0.1) is 10.2 Å². The van der Waals surface area contributed by atoms with Gasteiger partial charge in [0.25, 0.3) is 0 Å². The van der Waals surface area contributed by atoms with Crippen LogP contribution in [-0.2, 0) is 6.54 Å². The third-order valence-corrected chi connectivity index (χ3v) is 4.65. The van der Waals surface area contributed by atoms with E-state index >= 15 is 0 Å². The maximum atomic E-state index is 11.1. The molecular weight excluding hydrogens is 324 g/mol. The monoisotopic (exact) mass is 340 g/mol. The zero-order chi connectivity index (χ0) is 17.1. The second-order valence-corrected chi connectivity index (χ2v) is 6.17. The van der Waals surface area contributed by atoms with Crippen LogP contribution >= 0.6 is 11.8 Å². The molecule has 0 aliphatic rings. The number of rotatable bonds is 5. The minimum atomic E-state index is -0.937. The Kier molecular flexibility index (Phi) is 4.64. The quantitative estimate of drug-likeness (QED) is 0.742. The van der Waals surface area contributed by atoms with Gasteiger partial charge in [-0.3, -0.25) is 4.57 Å². The van der Waals surface area contributed by atoms with Crippen molar-refractivity contribution < 1.29 is 9.90 Å². The van der Waals surface area contributed by atoms with Gasteiger partial charge in [-0.2, -0.15) is 0 Å². The number of nitrogens with two attached hydrogens (primary N) is 1. The number of carboxylic acids is 1. The van der Waals surface area contributed by atoms with Crippen LogP contribution < -0.4 is 5.73 Å². The molecule has 0 saturated heterocycles. The van der Waals surface area contributed by atoms with Crippen LogP contribution in [0.3, 0.4) is 0 Å². The van der Waals surface area contributed by atoms with Crippen molar-refractivity contribution in [2.24, 2.45) is 5.73 Å². The largest absolute Gasteiger partial charge is 0.478 e. The highest BCUT2D eigenvalue weighted by Crippen LogP contribution is 2.31. The zero-order valence-corrected chi connectivity index (χ0v) is 13.8. The topological polar surface area (TPSA) is 94.0 Å². The molecule has 0 amide bonds. The molecule has 0 unspecified atom stereocenters. The molecule has 1 heterocycles. The molecule has 0 atom stereocenters. The van der Waals surface area contributed by atoms with Gasteiger partial charge >= 0.3 is 5.97 Å². The van der Waals surface area contributed by atoms with E-state index in [0.717, 1.165) is 16.1 Å². The van der Waals surface area contributed by atoms with Crippen molar-refractivity contribution >= 4 is 17.7 Å². The lowest BCUT2D eigenvalue weighted by atomic mass is 10.1. The fraction of sp³-hybridized carbons (Fsp3) is 0.118. The lowest BCUT2D eigenvalue weighted by molar-refractivity contribution is 0.0696. The molecule has 24 heavy (non-hydrogen) atoms. The molecule has 3 aromatic rings. The van der Waals surface area contributed by atoms with E-state index in [0.29, 0.717) is 11.0 Å². The van der Waals surface area contributed by atoms with Crippen LogP contribution in [0.2, 0.25) is 0 Å². The van der Waals surface area contributed by atoms with E-state index in [-0.39, 0.29) is 12.1 Å². The number of hydrogen-bond donors (Lipinski definition) is 2. The first kappa shape index (κ1) is 16.2. The number of carbonyl (C=O) groups is 1. The molecule has 3 rings (SSSR count). The van der Waals surface area contributed by atoms with E-state index < -0.39 is 5.97 Å². The van der Waals surface area contributed by atoms with Gasteiger partial charge in [0.2, 0.25) is 5.16 Å². The Bertz CT molecular complexity index is 878. The number of aryl methyl sites for hydroxylation is 1. The Balaban J connectivity index is 2.00. The lowest BCUT2D eigenvalue weighted by Gasteiger charge is -2.10. The molecule has 2 aromatic carbocycles. The summed E-state index contributed by atoms with van der Waals surface area (Å²) in [6.45, 7) is 2.15. The highest BCUT2D eigenvalue weighted by molar-refractivity contribution is 7.99. The number of nitrogens with zero attached hydrogens (tertiary/aromatic N) is 3. The number of aromatic carboxylic acids is 1. The Labute approximate surface area is 143 Å². The van der Waals surface area contributed by atoms with Crippen molar-refractivity contribution in [3.05, 3.63) is 65.5 Å². The molecule has 6 nitrogen and oxygen atoms in total. The van der Waals surface area contributed by atoms with Crippen LogP contribution in [-0.4, -0.2) is 25.8 Å². The standard InChI is InChI=1S/C17H16N4O2S/c1-11-9-12(16(22)23)7-8-14(11)24-17-20-19-15(10-18)21(17)13-5-3-2-4-6-13/h2-9H,10,18H2,1H3,(H,22,23). The molecule has 7 heteroatoms. The Morgan fingerprint density at radius 1 is 1.21 bits per heavy atom. The lowest BCUT2D eigenvalue weighted by Crippen LogP contribution is -2.07.